The summed E-state index contributed by atoms with van der Waals surface area (Å²) in [6.07, 6.45) is 0. The molecule has 3 aromatic heterocycles. The summed E-state index contributed by atoms with van der Waals surface area (Å²) in [6, 6.07) is 39.2. The summed E-state index contributed by atoms with van der Waals surface area (Å²) >= 11 is 0. The number of rotatable bonds is 4. The molecule has 0 amide bonds. The molecule has 6 heteroatoms. The number of aromatic nitrogens is 4. The van der Waals surface area contributed by atoms with Crippen molar-refractivity contribution in [3.63, 3.8) is 0 Å². The molecule has 8 bridgehead atoms. The zero-order chi connectivity index (χ0) is 48.4. The number of allylic oxidation sites excluding steroid dienone is 4. The van der Waals surface area contributed by atoms with Gasteiger partial charge in [-0.1, -0.05) is 136 Å². The van der Waals surface area contributed by atoms with Crippen LogP contribution in [-0.4, -0.2) is 36.1 Å². The van der Waals surface area contributed by atoms with Crippen molar-refractivity contribution >= 4 is 60.5 Å². The summed E-state index contributed by atoms with van der Waals surface area (Å²) in [5.74, 6) is 6.98. The van der Waals surface area contributed by atoms with Crippen LogP contribution < -0.4 is 0 Å². The number of nitrogens with zero attached hydrogens (tertiary/aromatic N) is 2. The molecule has 0 aliphatic carbocycles. The lowest BCUT2D eigenvalue weighted by molar-refractivity contribution is 1.25. The van der Waals surface area contributed by atoms with Crippen molar-refractivity contribution in [1.29, 1.82) is 0 Å². The Hall–Kier alpha value is -6.97. The second-order valence-corrected chi connectivity index (χ2v) is 30.3. The second-order valence-electron chi connectivity index (χ2n) is 20.8. The van der Waals surface area contributed by atoms with E-state index in [0.29, 0.717) is 0 Å². The van der Waals surface area contributed by atoms with E-state index in [0.717, 1.165) is 123 Å². The van der Waals surface area contributed by atoms with Crippen molar-refractivity contribution in [2.24, 2.45) is 0 Å². The first-order valence-electron chi connectivity index (χ1n) is 23.9. The summed E-state index contributed by atoms with van der Waals surface area (Å²) in [4.78, 5) is 19.9. The minimum atomic E-state index is -1.57. The van der Waals surface area contributed by atoms with Gasteiger partial charge < -0.3 is 9.97 Å². The fourth-order valence-corrected chi connectivity index (χ4v) is 10.4. The second kappa shape index (κ2) is 17.6. The highest BCUT2D eigenvalue weighted by Gasteiger charge is 2.29. The monoisotopic (exact) mass is 918 g/mol. The molecule has 0 radical (unpaired) electrons. The molecule has 4 nitrogen and oxygen atoms in total. The van der Waals surface area contributed by atoms with Gasteiger partial charge in [0.15, 0.2) is 0 Å². The Kier molecular flexibility index (Phi) is 11.9. The van der Waals surface area contributed by atoms with Gasteiger partial charge in [-0.3, -0.25) is 0 Å². The Morgan fingerprint density at radius 2 is 0.618 bits per heavy atom. The number of aryl methyl sites for hydroxylation is 4. The number of nitrogens with one attached hydrogen (secondary N) is 2. The van der Waals surface area contributed by atoms with Gasteiger partial charge >= 0.3 is 0 Å². The molecule has 2 aliphatic heterocycles. The van der Waals surface area contributed by atoms with Crippen LogP contribution in [0.5, 0.6) is 0 Å². The van der Waals surface area contributed by atoms with Crippen LogP contribution in [0.1, 0.15) is 83.9 Å². The van der Waals surface area contributed by atoms with Crippen LogP contribution in [0.4, 0.5) is 0 Å². The van der Waals surface area contributed by atoms with E-state index in [1.165, 1.54) is 22.3 Å². The van der Waals surface area contributed by atoms with Crippen LogP contribution in [0.3, 0.4) is 0 Å². The van der Waals surface area contributed by atoms with Crippen molar-refractivity contribution in [1.82, 2.24) is 19.9 Å². The smallest absolute Gasteiger partial charge is 0.129 e. The van der Waals surface area contributed by atoms with Crippen LogP contribution in [0.2, 0.25) is 39.3 Å². The number of aromatic amines is 2. The number of H-pyrrole nitrogens is 2. The molecule has 0 spiro atoms. The molecule has 0 atom stereocenters. The molecule has 338 valence electrons. The molecule has 2 N–H and O–H groups in total. The normalized spacial score (nSPS) is 12.8. The highest BCUT2D eigenvalue weighted by molar-refractivity contribution is 6.84. The molecule has 2 aliphatic rings. The third-order valence-electron chi connectivity index (χ3n) is 13.7. The zero-order valence-electron chi connectivity index (χ0n) is 42.3. The fraction of sp³-hybridized carbons (Fsp3) is 0.226. The van der Waals surface area contributed by atoms with E-state index in [1.807, 2.05) is 0 Å². The lowest BCUT2D eigenvalue weighted by Crippen LogP contribution is -2.16. The minimum Gasteiger partial charge on any atom is -0.354 e. The third-order valence-corrected chi connectivity index (χ3v) is 15.5. The molecular weight excluding hydrogens is 857 g/mol. The Labute approximate surface area is 405 Å². The highest BCUT2D eigenvalue weighted by Crippen LogP contribution is 2.47. The Morgan fingerprint density at radius 1 is 0.338 bits per heavy atom. The van der Waals surface area contributed by atoms with E-state index >= 15 is 0 Å². The first-order chi connectivity index (χ1) is 32.3. The quantitative estimate of drug-likeness (QED) is 0.137. The summed E-state index contributed by atoms with van der Waals surface area (Å²) < 4.78 is 0. The van der Waals surface area contributed by atoms with Gasteiger partial charge in [-0.25, -0.2) is 9.97 Å². The Bertz CT molecular complexity index is 3400. The molecule has 5 heterocycles. The van der Waals surface area contributed by atoms with E-state index in [-0.39, 0.29) is 0 Å². The highest BCUT2D eigenvalue weighted by atomic mass is 28.3. The lowest BCUT2D eigenvalue weighted by Gasteiger charge is -2.10. The fourth-order valence-electron chi connectivity index (χ4n) is 9.39. The van der Waals surface area contributed by atoms with E-state index in [2.05, 4.69) is 237 Å². The first-order valence-corrected chi connectivity index (χ1v) is 30.9. The number of hydrogen-bond acceptors (Lipinski definition) is 2. The largest absolute Gasteiger partial charge is 0.354 e. The van der Waals surface area contributed by atoms with Gasteiger partial charge in [0.05, 0.1) is 44.8 Å². The lowest BCUT2D eigenvalue weighted by atomic mass is 9.93. The van der Waals surface area contributed by atoms with E-state index < -0.39 is 16.1 Å². The van der Waals surface area contributed by atoms with Crippen LogP contribution in [0, 0.1) is 50.6 Å². The van der Waals surface area contributed by atoms with Gasteiger partial charge in [0, 0.05) is 33.4 Å². The topological polar surface area (TPSA) is 57.4 Å². The van der Waals surface area contributed by atoms with E-state index in [4.69, 9.17) is 9.97 Å². The third kappa shape index (κ3) is 8.49. The van der Waals surface area contributed by atoms with Crippen molar-refractivity contribution in [3.8, 4) is 67.4 Å². The van der Waals surface area contributed by atoms with Crippen molar-refractivity contribution in [3.05, 3.63) is 165 Å². The van der Waals surface area contributed by atoms with Crippen LogP contribution in [0.25, 0.3) is 88.9 Å². The van der Waals surface area contributed by atoms with Gasteiger partial charge in [-0.05, 0) is 146 Å². The molecule has 0 saturated carbocycles. The summed E-state index contributed by atoms with van der Waals surface area (Å²) in [5, 5.41) is 0. The SMILES string of the molecule is CC1=C(C)c2nc1c(-c1ccc(C#C[Si](C)(C)C)cc1)c1nc(c(-c3ccccc3)c3[nH]c(c(C)c3C)c(-c3ccc(C#C[Si](C)(C)C)cc3)c3[nH]c(c(C)c3C)c2-c2ccccc2)C(C)=C1C. The molecule has 4 aromatic carbocycles. The summed E-state index contributed by atoms with van der Waals surface area (Å²) in [5.41, 5.74) is 35.2. The van der Waals surface area contributed by atoms with Gasteiger partial charge in [0.2, 0.25) is 0 Å². The van der Waals surface area contributed by atoms with E-state index in [1.54, 1.807) is 0 Å². The average Bonchev–Trinajstić information content (AvgIpc) is 3.97. The van der Waals surface area contributed by atoms with Gasteiger partial charge in [0.1, 0.15) is 16.1 Å². The maximum absolute atomic E-state index is 5.81. The first kappa shape index (κ1) is 46.2. The summed E-state index contributed by atoms with van der Waals surface area (Å²) in [6.45, 7) is 31.7. The number of fused-ring (bicyclic) bond motifs is 8. The molecule has 9 rings (SSSR count). The maximum atomic E-state index is 5.81. The molecule has 0 unspecified atom stereocenters. The number of hydrogen-bond donors (Lipinski definition) is 2. The Morgan fingerprint density at radius 3 is 0.941 bits per heavy atom. The van der Waals surface area contributed by atoms with Crippen LogP contribution >= 0.6 is 0 Å². The van der Waals surface area contributed by atoms with Crippen LogP contribution in [-0.2, 0) is 0 Å². The number of benzene rings is 4. The predicted molar refractivity (Wildman–Crippen MR) is 298 cm³/mol. The van der Waals surface area contributed by atoms with Gasteiger partial charge in [-0.2, -0.15) is 0 Å². The van der Waals surface area contributed by atoms with E-state index in [9.17, 15) is 0 Å². The van der Waals surface area contributed by atoms with Crippen molar-refractivity contribution < 1.29 is 0 Å². The maximum Gasteiger partial charge on any atom is 0.129 e. The molecule has 7 aromatic rings. The molecule has 0 fully saturated rings. The molecular formula is C62H62N4Si2. The van der Waals surface area contributed by atoms with Crippen LogP contribution in [0.15, 0.2) is 109 Å². The molecule has 0 saturated heterocycles. The predicted octanol–water partition coefficient (Wildman–Crippen LogP) is 16.6. The molecule has 68 heavy (non-hydrogen) atoms. The van der Waals surface area contributed by atoms with Crippen molar-refractivity contribution in [2.75, 3.05) is 0 Å². The Balaban J connectivity index is 1.53. The van der Waals surface area contributed by atoms with Gasteiger partial charge in [0.25, 0.3) is 0 Å². The standard InChI is InChI=1S/C62H62N4Si2/c1-37-41(5)59-53(49-29-25-45(26-30-49)33-35-67(9,10)11)60-43(7)39(3)57(65-60)52(48-23-19-16-20-24-48)58-40(4)44(8)62(66-58)54(50-31-27-46(28-32-50)34-36-68(12,13)14)61-42(6)38(2)56(64-61)51(55(37)63-59)47-21-17-15-18-22-47/h15-32,63,65H,1-14H3. The minimum absolute atomic E-state index is 0.937. The average molecular weight is 919 g/mol. The zero-order valence-corrected chi connectivity index (χ0v) is 44.3. The van der Waals surface area contributed by atoms with Crippen molar-refractivity contribution in [2.45, 2.75) is 94.7 Å². The summed E-state index contributed by atoms with van der Waals surface area (Å²) in [7, 11) is -3.14. The van der Waals surface area contributed by atoms with Gasteiger partial charge in [-0.15, -0.1) is 11.1 Å².